The first-order chi connectivity index (χ1) is 9.24. The van der Waals surface area contributed by atoms with E-state index in [-0.39, 0.29) is 6.42 Å². The van der Waals surface area contributed by atoms with E-state index in [9.17, 15) is 4.79 Å². The lowest BCUT2D eigenvalue weighted by atomic mass is 10.2. The van der Waals surface area contributed by atoms with Crippen molar-refractivity contribution in [2.45, 2.75) is 32.1 Å². The number of unbranched alkanes of at least 4 members (excludes halogenated alkanes) is 1. The molecule has 2 aromatic heterocycles. The number of aromatic nitrogens is 3. The van der Waals surface area contributed by atoms with Crippen molar-refractivity contribution in [1.82, 2.24) is 15.1 Å². The number of carboxylic acids is 1. The van der Waals surface area contributed by atoms with Crippen LogP contribution in [0.3, 0.4) is 0 Å². The second-order valence-corrected chi connectivity index (χ2v) is 4.24. The van der Waals surface area contributed by atoms with Gasteiger partial charge in [-0.25, -0.2) is 0 Å². The quantitative estimate of drug-likeness (QED) is 0.765. The van der Waals surface area contributed by atoms with Gasteiger partial charge in [0.15, 0.2) is 5.82 Å². The Morgan fingerprint density at radius 3 is 2.79 bits per heavy atom. The third-order valence-corrected chi connectivity index (χ3v) is 2.65. The van der Waals surface area contributed by atoms with Crippen molar-refractivity contribution < 1.29 is 14.4 Å². The predicted molar refractivity (Wildman–Crippen MR) is 66.5 cm³/mol. The first kappa shape index (κ1) is 13.2. The third-order valence-electron chi connectivity index (χ3n) is 2.65. The molecule has 0 unspecified atom stereocenters. The largest absolute Gasteiger partial charge is 0.481 e. The van der Waals surface area contributed by atoms with Crippen LogP contribution in [0.25, 0.3) is 0 Å². The lowest BCUT2D eigenvalue weighted by molar-refractivity contribution is -0.137. The molecule has 1 N–H and O–H groups in total. The Morgan fingerprint density at radius 1 is 1.26 bits per heavy atom. The summed E-state index contributed by atoms with van der Waals surface area (Å²) in [6.45, 7) is 0. The van der Waals surface area contributed by atoms with Crippen molar-refractivity contribution in [2.24, 2.45) is 0 Å². The van der Waals surface area contributed by atoms with Crippen LogP contribution < -0.4 is 0 Å². The monoisotopic (exact) mass is 261 g/mol. The Labute approximate surface area is 110 Å². The molecule has 6 nitrogen and oxygen atoms in total. The fourth-order valence-corrected chi connectivity index (χ4v) is 1.70. The van der Waals surface area contributed by atoms with Gasteiger partial charge in [0.2, 0.25) is 5.89 Å². The number of aryl methyl sites for hydroxylation is 1. The molecule has 0 radical (unpaired) electrons. The molecule has 2 heterocycles. The topological polar surface area (TPSA) is 89.1 Å². The minimum Gasteiger partial charge on any atom is -0.481 e. The number of nitrogens with zero attached hydrogens (tertiary/aromatic N) is 3. The summed E-state index contributed by atoms with van der Waals surface area (Å²) in [4.78, 5) is 18.6. The van der Waals surface area contributed by atoms with Gasteiger partial charge in [-0.05, 0) is 30.5 Å². The van der Waals surface area contributed by atoms with Crippen LogP contribution in [0.2, 0.25) is 0 Å². The van der Waals surface area contributed by atoms with Gasteiger partial charge in [0.1, 0.15) is 0 Å². The van der Waals surface area contributed by atoms with Crippen molar-refractivity contribution in [3.05, 3.63) is 41.8 Å². The van der Waals surface area contributed by atoms with E-state index in [4.69, 9.17) is 9.63 Å². The van der Waals surface area contributed by atoms with Crippen LogP contribution in [0.15, 0.2) is 29.0 Å². The summed E-state index contributed by atoms with van der Waals surface area (Å²) in [6.07, 6.45) is 6.22. The van der Waals surface area contributed by atoms with E-state index < -0.39 is 5.97 Å². The van der Waals surface area contributed by atoms with Crippen LogP contribution in [0, 0.1) is 0 Å². The van der Waals surface area contributed by atoms with Gasteiger partial charge in [0, 0.05) is 31.7 Å². The maximum atomic E-state index is 10.4. The molecule has 0 aromatic carbocycles. The van der Waals surface area contributed by atoms with E-state index in [1.807, 2.05) is 12.1 Å². The molecule has 0 aliphatic rings. The van der Waals surface area contributed by atoms with Crippen LogP contribution in [0.1, 0.15) is 36.5 Å². The number of rotatable bonds is 7. The lowest BCUT2D eigenvalue weighted by Gasteiger charge is -1.94. The summed E-state index contributed by atoms with van der Waals surface area (Å²) in [7, 11) is 0. The van der Waals surface area contributed by atoms with Gasteiger partial charge < -0.3 is 9.63 Å². The molecule has 0 fully saturated rings. The Bertz CT molecular complexity index is 525. The molecular weight excluding hydrogens is 246 g/mol. The molecule has 0 amide bonds. The molecule has 0 bridgehead atoms. The molecule has 0 saturated carbocycles. The van der Waals surface area contributed by atoms with E-state index in [1.165, 1.54) is 0 Å². The van der Waals surface area contributed by atoms with Crippen LogP contribution in [0.5, 0.6) is 0 Å². The summed E-state index contributed by atoms with van der Waals surface area (Å²) in [5.41, 5.74) is 1.08. The molecular formula is C13H15N3O3. The number of carbonyl (C=O) groups is 1. The minimum atomic E-state index is -0.774. The first-order valence-corrected chi connectivity index (χ1v) is 6.16. The zero-order chi connectivity index (χ0) is 13.5. The van der Waals surface area contributed by atoms with Crippen LogP contribution in [0.4, 0.5) is 0 Å². The van der Waals surface area contributed by atoms with Gasteiger partial charge in [-0.15, -0.1) is 0 Å². The summed E-state index contributed by atoms with van der Waals surface area (Å²) in [6, 6.07) is 3.81. The zero-order valence-electron chi connectivity index (χ0n) is 10.5. The predicted octanol–water partition coefficient (Wildman–Crippen LogP) is 1.85. The Morgan fingerprint density at radius 2 is 2.05 bits per heavy atom. The van der Waals surface area contributed by atoms with Crippen LogP contribution in [-0.2, 0) is 17.6 Å². The lowest BCUT2D eigenvalue weighted by Crippen LogP contribution is -1.95. The Kier molecular flexibility index (Phi) is 4.60. The number of aliphatic carboxylic acids is 1. The van der Waals surface area contributed by atoms with Crippen LogP contribution >= 0.6 is 0 Å². The number of pyridine rings is 1. The molecule has 0 spiro atoms. The second-order valence-electron chi connectivity index (χ2n) is 4.24. The van der Waals surface area contributed by atoms with Crippen LogP contribution in [-0.4, -0.2) is 26.2 Å². The molecule has 0 aliphatic heterocycles. The van der Waals surface area contributed by atoms with E-state index in [2.05, 4.69) is 15.1 Å². The van der Waals surface area contributed by atoms with E-state index in [0.717, 1.165) is 12.0 Å². The highest BCUT2D eigenvalue weighted by Gasteiger charge is 2.07. The Balaban J connectivity index is 1.80. The maximum absolute atomic E-state index is 10.4. The second kappa shape index (κ2) is 6.63. The molecule has 2 aromatic rings. The molecule has 0 saturated heterocycles. The highest BCUT2D eigenvalue weighted by atomic mass is 16.5. The zero-order valence-corrected chi connectivity index (χ0v) is 10.5. The Hall–Kier alpha value is -2.24. The molecule has 100 valence electrons. The standard InChI is InChI=1S/C13H15N3O3/c17-13(18)4-2-1-3-12-15-11(16-19-12)9-10-5-7-14-8-6-10/h5-8H,1-4,9H2,(H,17,18). The van der Waals surface area contributed by atoms with Crippen molar-refractivity contribution in [1.29, 1.82) is 0 Å². The molecule has 0 atom stereocenters. The van der Waals surface area contributed by atoms with E-state index in [1.54, 1.807) is 12.4 Å². The SMILES string of the molecule is O=C(O)CCCCc1nc(Cc2ccncc2)no1. The smallest absolute Gasteiger partial charge is 0.303 e. The average molecular weight is 261 g/mol. The van der Waals surface area contributed by atoms with Gasteiger partial charge in [0.25, 0.3) is 0 Å². The summed E-state index contributed by atoms with van der Waals surface area (Å²) < 4.78 is 5.12. The number of hydrogen-bond acceptors (Lipinski definition) is 5. The van der Waals surface area contributed by atoms with Crippen molar-refractivity contribution in [3.63, 3.8) is 0 Å². The van der Waals surface area contributed by atoms with Crippen molar-refractivity contribution in [2.75, 3.05) is 0 Å². The van der Waals surface area contributed by atoms with Gasteiger partial charge >= 0.3 is 5.97 Å². The van der Waals surface area contributed by atoms with Gasteiger partial charge in [-0.1, -0.05) is 5.16 Å². The molecule has 19 heavy (non-hydrogen) atoms. The highest BCUT2D eigenvalue weighted by Crippen LogP contribution is 2.08. The van der Waals surface area contributed by atoms with E-state index in [0.29, 0.717) is 31.0 Å². The average Bonchev–Trinajstić information content (AvgIpc) is 2.83. The van der Waals surface area contributed by atoms with Gasteiger partial charge in [-0.3, -0.25) is 9.78 Å². The fraction of sp³-hybridized carbons (Fsp3) is 0.385. The third kappa shape index (κ3) is 4.50. The normalized spacial score (nSPS) is 10.5. The first-order valence-electron chi connectivity index (χ1n) is 6.16. The van der Waals surface area contributed by atoms with Crippen molar-refractivity contribution in [3.8, 4) is 0 Å². The summed E-state index contributed by atoms with van der Waals surface area (Å²) in [5, 5.41) is 12.4. The molecule has 2 rings (SSSR count). The summed E-state index contributed by atoms with van der Waals surface area (Å²) >= 11 is 0. The summed E-state index contributed by atoms with van der Waals surface area (Å²) in [5.74, 6) is 0.429. The molecule has 6 heteroatoms. The number of carboxylic acid groups (broad SMARTS) is 1. The number of hydrogen-bond donors (Lipinski definition) is 1. The molecule has 0 aliphatic carbocycles. The fourth-order valence-electron chi connectivity index (χ4n) is 1.70. The van der Waals surface area contributed by atoms with Crippen molar-refractivity contribution >= 4 is 5.97 Å². The minimum absolute atomic E-state index is 0.179. The maximum Gasteiger partial charge on any atom is 0.303 e. The van der Waals surface area contributed by atoms with Gasteiger partial charge in [0.05, 0.1) is 0 Å². The van der Waals surface area contributed by atoms with E-state index >= 15 is 0 Å². The highest BCUT2D eigenvalue weighted by molar-refractivity contribution is 5.66. The van der Waals surface area contributed by atoms with Gasteiger partial charge in [-0.2, -0.15) is 4.98 Å².